The number of alkyl halides is 1. The monoisotopic (exact) mass is 227 g/mol. The van der Waals surface area contributed by atoms with Gasteiger partial charge in [0.05, 0.1) is 0 Å². The van der Waals surface area contributed by atoms with Gasteiger partial charge in [0.1, 0.15) is 0 Å². The highest BCUT2D eigenvalue weighted by molar-refractivity contribution is 9.09. The maximum atomic E-state index is 10.9. The fourth-order valence-electron chi connectivity index (χ4n) is 0.833. The molecule has 1 rings (SSSR count). The zero-order chi connectivity index (χ0) is 8.81. The smallest absolute Gasteiger partial charge is 0.182 e. The van der Waals surface area contributed by atoms with E-state index in [1.54, 1.807) is 12.3 Å². The second-order valence-electron chi connectivity index (χ2n) is 2.36. The molecular weight excluding hydrogens is 218 g/mol. The van der Waals surface area contributed by atoms with E-state index < -0.39 is 0 Å². The predicted octanol–water partition coefficient (Wildman–Crippen LogP) is 2.17. The Labute approximate surface area is 79.5 Å². The molecule has 0 atom stereocenters. The van der Waals surface area contributed by atoms with Gasteiger partial charge in [0, 0.05) is 29.4 Å². The molecule has 0 radical (unpaired) electrons. The summed E-state index contributed by atoms with van der Waals surface area (Å²) in [7, 11) is 0. The first-order valence-corrected chi connectivity index (χ1v) is 4.86. The van der Waals surface area contributed by atoms with Crippen LogP contribution in [0.5, 0.6) is 0 Å². The topological polar surface area (TPSA) is 32.9 Å². The molecule has 0 aliphatic rings. The summed E-state index contributed by atoms with van der Waals surface area (Å²) in [6.07, 6.45) is 6.54. The minimum atomic E-state index is 0.0345. The summed E-state index contributed by atoms with van der Waals surface area (Å²) in [5.74, 6) is 0. The van der Waals surface area contributed by atoms with E-state index in [-0.39, 0.29) is 5.43 Å². The molecule has 0 saturated carbocycles. The molecule has 0 amide bonds. The van der Waals surface area contributed by atoms with Gasteiger partial charge in [-0.05, 0) is 12.5 Å². The van der Waals surface area contributed by atoms with E-state index in [1.807, 2.05) is 12.2 Å². The molecule has 0 fully saturated rings. The lowest BCUT2D eigenvalue weighted by Gasteiger charge is -1.90. The summed E-state index contributed by atoms with van der Waals surface area (Å²) in [5, 5.41) is 0.945. The van der Waals surface area contributed by atoms with Crippen LogP contribution in [0.3, 0.4) is 0 Å². The summed E-state index contributed by atoms with van der Waals surface area (Å²) < 4.78 is 0. The van der Waals surface area contributed by atoms with Gasteiger partial charge >= 0.3 is 0 Å². The van der Waals surface area contributed by atoms with Crippen molar-refractivity contribution < 1.29 is 0 Å². The Morgan fingerprint density at radius 3 is 3.08 bits per heavy atom. The van der Waals surface area contributed by atoms with Gasteiger partial charge in [-0.15, -0.1) is 0 Å². The van der Waals surface area contributed by atoms with Crippen molar-refractivity contribution >= 4 is 22.0 Å². The maximum Gasteiger partial charge on any atom is 0.182 e. The number of allylic oxidation sites excluding steroid dienone is 1. The first kappa shape index (κ1) is 9.26. The number of aromatic nitrogens is 1. The molecule has 0 aromatic carbocycles. The molecule has 0 bridgehead atoms. The van der Waals surface area contributed by atoms with Crippen LogP contribution >= 0.6 is 15.9 Å². The second kappa shape index (κ2) is 4.93. The minimum Gasteiger partial charge on any atom is -0.361 e. The lowest BCUT2D eigenvalue weighted by Crippen LogP contribution is -1.97. The van der Waals surface area contributed by atoms with Crippen LogP contribution in [0.2, 0.25) is 0 Å². The van der Waals surface area contributed by atoms with Crippen LogP contribution in [0.4, 0.5) is 0 Å². The number of halogens is 1. The Bertz CT molecular complexity index is 316. The predicted molar refractivity (Wildman–Crippen MR) is 54.5 cm³/mol. The molecule has 1 aromatic heterocycles. The quantitative estimate of drug-likeness (QED) is 0.790. The number of H-pyrrole nitrogens is 1. The molecule has 0 saturated heterocycles. The SMILES string of the molecule is O=c1cc[nH]c(C=CCCBr)c1. The molecule has 2 nitrogen and oxygen atoms in total. The van der Waals surface area contributed by atoms with Crippen LogP contribution in [-0.4, -0.2) is 10.3 Å². The normalized spacial score (nSPS) is 10.8. The highest BCUT2D eigenvalue weighted by Crippen LogP contribution is 1.96. The first-order valence-electron chi connectivity index (χ1n) is 3.74. The van der Waals surface area contributed by atoms with Crippen molar-refractivity contribution in [2.75, 3.05) is 5.33 Å². The maximum absolute atomic E-state index is 10.9. The molecule has 0 spiro atoms. The van der Waals surface area contributed by atoms with Gasteiger partial charge in [-0.2, -0.15) is 0 Å². The van der Waals surface area contributed by atoms with Gasteiger partial charge in [0.15, 0.2) is 5.43 Å². The fourth-order valence-corrected chi connectivity index (χ4v) is 1.10. The standard InChI is InChI=1S/C9H10BrNO/c10-5-2-1-3-8-7-9(12)4-6-11-8/h1,3-4,6-7H,2,5H2,(H,11,12). The van der Waals surface area contributed by atoms with Crippen LogP contribution in [0, 0.1) is 0 Å². The molecule has 12 heavy (non-hydrogen) atoms. The lowest BCUT2D eigenvalue weighted by atomic mass is 10.3. The molecule has 0 aliphatic heterocycles. The van der Waals surface area contributed by atoms with Gasteiger partial charge in [0.2, 0.25) is 0 Å². The summed E-state index contributed by atoms with van der Waals surface area (Å²) in [6.45, 7) is 0. The van der Waals surface area contributed by atoms with Crippen molar-refractivity contribution in [1.29, 1.82) is 0 Å². The Balaban J connectivity index is 2.69. The molecule has 0 aliphatic carbocycles. The molecule has 3 heteroatoms. The van der Waals surface area contributed by atoms with Gasteiger partial charge < -0.3 is 4.98 Å². The van der Waals surface area contributed by atoms with Gasteiger partial charge in [-0.3, -0.25) is 4.79 Å². The zero-order valence-electron chi connectivity index (χ0n) is 6.59. The lowest BCUT2D eigenvalue weighted by molar-refractivity contribution is 1.24. The summed E-state index contributed by atoms with van der Waals surface area (Å²) in [6, 6.07) is 3.08. The highest BCUT2D eigenvalue weighted by Gasteiger charge is 1.85. The van der Waals surface area contributed by atoms with E-state index in [9.17, 15) is 4.79 Å². The molecule has 0 unspecified atom stereocenters. The van der Waals surface area contributed by atoms with Crippen LogP contribution in [0.25, 0.3) is 6.08 Å². The van der Waals surface area contributed by atoms with E-state index in [2.05, 4.69) is 20.9 Å². The number of rotatable bonds is 3. The highest BCUT2D eigenvalue weighted by atomic mass is 79.9. The van der Waals surface area contributed by atoms with Crippen LogP contribution < -0.4 is 5.43 Å². The van der Waals surface area contributed by atoms with Crippen molar-refractivity contribution in [2.45, 2.75) is 6.42 Å². The van der Waals surface area contributed by atoms with Gasteiger partial charge in [-0.25, -0.2) is 0 Å². The van der Waals surface area contributed by atoms with Crippen molar-refractivity contribution in [2.24, 2.45) is 0 Å². The Kier molecular flexibility index (Phi) is 3.80. The summed E-state index contributed by atoms with van der Waals surface area (Å²) >= 11 is 3.31. The molecule has 64 valence electrons. The van der Waals surface area contributed by atoms with Crippen molar-refractivity contribution in [3.05, 3.63) is 40.3 Å². The minimum absolute atomic E-state index is 0.0345. The Hall–Kier alpha value is -0.830. The van der Waals surface area contributed by atoms with E-state index in [4.69, 9.17) is 0 Å². The van der Waals surface area contributed by atoms with Crippen LogP contribution in [0.1, 0.15) is 12.1 Å². The zero-order valence-corrected chi connectivity index (χ0v) is 8.17. The van der Waals surface area contributed by atoms with Crippen molar-refractivity contribution in [3.8, 4) is 0 Å². The van der Waals surface area contributed by atoms with E-state index in [0.29, 0.717) is 0 Å². The number of nitrogens with one attached hydrogen (secondary N) is 1. The Morgan fingerprint density at radius 1 is 1.58 bits per heavy atom. The molecule has 1 heterocycles. The van der Waals surface area contributed by atoms with Crippen LogP contribution in [0.15, 0.2) is 29.2 Å². The van der Waals surface area contributed by atoms with Gasteiger partial charge in [0.25, 0.3) is 0 Å². The van der Waals surface area contributed by atoms with Crippen molar-refractivity contribution in [3.63, 3.8) is 0 Å². The number of aromatic amines is 1. The first-order chi connectivity index (χ1) is 5.83. The third-order valence-corrected chi connectivity index (χ3v) is 1.83. The molecule has 1 aromatic rings. The fraction of sp³-hybridized carbons (Fsp3) is 0.222. The largest absolute Gasteiger partial charge is 0.361 e. The summed E-state index contributed by atoms with van der Waals surface area (Å²) in [5.41, 5.74) is 0.885. The molecular formula is C9H10BrNO. The number of hydrogen-bond donors (Lipinski definition) is 1. The average Bonchev–Trinajstić information content (AvgIpc) is 2.05. The van der Waals surface area contributed by atoms with E-state index in [0.717, 1.165) is 17.4 Å². The average molecular weight is 228 g/mol. The number of pyridine rings is 1. The molecule has 1 N–H and O–H groups in total. The number of hydrogen-bond acceptors (Lipinski definition) is 1. The second-order valence-corrected chi connectivity index (χ2v) is 3.15. The third kappa shape index (κ3) is 3.05. The summed E-state index contributed by atoms with van der Waals surface area (Å²) in [4.78, 5) is 13.8. The van der Waals surface area contributed by atoms with Crippen LogP contribution in [-0.2, 0) is 0 Å². The van der Waals surface area contributed by atoms with E-state index in [1.165, 1.54) is 6.07 Å². The van der Waals surface area contributed by atoms with E-state index >= 15 is 0 Å². The van der Waals surface area contributed by atoms with Gasteiger partial charge in [-0.1, -0.05) is 22.0 Å². The Morgan fingerprint density at radius 2 is 2.42 bits per heavy atom. The van der Waals surface area contributed by atoms with Crippen molar-refractivity contribution in [1.82, 2.24) is 4.98 Å². The third-order valence-electron chi connectivity index (χ3n) is 1.37.